The Hall–Kier alpha value is -2.92. The SMILES string of the molecule is Cc1ccc(C)c(NS(=O)(=O)c2ccc(NC(=O)C3CCN(S(=O)(=O)Cc4ccc(Cl)cc4)CC3)cc2)c1. The Morgan fingerprint density at radius 2 is 1.55 bits per heavy atom. The van der Waals surface area contributed by atoms with Crippen LogP contribution in [0.4, 0.5) is 11.4 Å². The van der Waals surface area contributed by atoms with Crippen LogP contribution in [0.3, 0.4) is 0 Å². The number of benzene rings is 3. The third kappa shape index (κ3) is 6.93. The smallest absolute Gasteiger partial charge is 0.261 e. The zero-order valence-corrected chi connectivity index (χ0v) is 23.5. The summed E-state index contributed by atoms with van der Waals surface area (Å²) in [5.41, 5.74) is 3.40. The van der Waals surface area contributed by atoms with E-state index in [1.54, 1.807) is 42.5 Å². The van der Waals surface area contributed by atoms with Crippen molar-refractivity contribution >= 4 is 48.9 Å². The van der Waals surface area contributed by atoms with Gasteiger partial charge in [-0.25, -0.2) is 21.1 Å². The molecule has 0 aromatic heterocycles. The minimum absolute atomic E-state index is 0.0793. The van der Waals surface area contributed by atoms with Crippen molar-refractivity contribution in [3.05, 3.63) is 88.4 Å². The third-order valence-corrected chi connectivity index (χ3v) is 10.0. The van der Waals surface area contributed by atoms with Crippen molar-refractivity contribution in [3.63, 3.8) is 0 Å². The van der Waals surface area contributed by atoms with Crippen molar-refractivity contribution in [2.24, 2.45) is 5.92 Å². The molecular formula is C27H30ClN3O5S2. The summed E-state index contributed by atoms with van der Waals surface area (Å²) in [6.07, 6.45) is 0.801. The molecular weight excluding hydrogens is 546 g/mol. The quantitative estimate of drug-likeness (QED) is 0.395. The van der Waals surface area contributed by atoms with Crippen LogP contribution in [0.15, 0.2) is 71.6 Å². The van der Waals surface area contributed by atoms with Crippen molar-refractivity contribution in [2.75, 3.05) is 23.1 Å². The Morgan fingerprint density at radius 1 is 0.921 bits per heavy atom. The van der Waals surface area contributed by atoms with E-state index in [-0.39, 0.29) is 35.6 Å². The number of carbonyl (C=O) groups is 1. The molecule has 0 aliphatic carbocycles. The number of halogens is 1. The molecule has 8 nitrogen and oxygen atoms in total. The van der Waals surface area contributed by atoms with Gasteiger partial charge in [-0.15, -0.1) is 0 Å². The number of sulfonamides is 2. The number of nitrogens with zero attached hydrogens (tertiary/aromatic N) is 1. The topological polar surface area (TPSA) is 113 Å². The monoisotopic (exact) mass is 575 g/mol. The summed E-state index contributed by atoms with van der Waals surface area (Å²) in [5, 5.41) is 3.37. The third-order valence-electron chi connectivity index (χ3n) is 6.55. The molecule has 38 heavy (non-hydrogen) atoms. The fraction of sp³-hybridized carbons (Fsp3) is 0.296. The number of anilines is 2. The molecule has 4 rings (SSSR count). The van der Waals surface area contributed by atoms with Crippen molar-refractivity contribution in [3.8, 4) is 0 Å². The molecule has 3 aromatic rings. The van der Waals surface area contributed by atoms with Gasteiger partial charge >= 0.3 is 0 Å². The van der Waals surface area contributed by atoms with Gasteiger partial charge in [0.25, 0.3) is 10.0 Å². The lowest BCUT2D eigenvalue weighted by Gasteiger charge is -2.30. The number of amides is 1. The van der Waals surface area contributed by atoms with Crippen molar-refractivity contribution in [2.45, 2.75) is 37.3 Å². The van der Waals surface area contributed by atoms with Gasteiger partial charge in [0.2, 0.25) is 15.9 Å². The van der Waals surface area contributed by atoms with E-state index in [2.05, 4.69) is 10.0 Å². The van der Waals surface area contributed by atoms with E-state index >= 15 is 0 Å². The fourth-order valence-electron chi connectivity index (χ4n) is 4.29. The maximum Gasteiger partial charge on any atom is 0.261 e. The van der Waals surface area contributed by atoms with E-state index in [4.69, 9.17) is 11.6 Å². The Kier molecular flexibility index (Phi) is 8.46. The van der Waals surface area contributed by atoms with Gasteiger partial charge in [-0.05, 0) is 85.8 Å². The van der Waals surface area contributed by atoms with E-state index in [1.807, 2.05) is 26.0 Å². The Morgan fingerprint density at radius 3 is 2.18 bits per heavy atom. The van der Waals surface area contributed by atoms with Gasteiger partial charge in [-0.2, -0.15) is 0 Å². The number of aryl methyl sites for hydroxylation is 2. The number of rotatable bonds is 8. The summed E-state index contributed by atoms with van der Waals surface area (Å²) >= 11 is 5.88. The van der Waals surface area contributed by atoms with Crippen LogP contribution in [0.25, 0.3) is 0 Å². The van der Waals surface area contributed by atoms with E-state index in [0.717, 1.165) is 11.1 Å². The molecule has 0 bridgehead atoms. The lowest BCUT2D eigenvalue weighted by Crippen LogP contribution is -2.41. The average molecular weight is 576 g/mol. The number of hydrogen-bond acceptors (Lipinski definition) is 5. The Balaban J connectivity index is 1.32. The van der Waals surface area contributed by atoms with Gasteiger partial charge < -0.3 is 5.32 Å². The van der Waals surface area contributed by atoms with Crippen molar-refractivity contribution < 1.29 is 21.6 Å². The molecule has 0 unspecified atom stereocenters. The van der Waals surface area contributed by atoms with Crippen molar-refractivity contribution in [1.29, 1.82) is 0 Å². The van der Waals surface area contributed by atoms with Gasteiger partial charge in [-0.1, -0.05) is 35.9 Å². The molecule has 1 amide bonds. The maximum atomic E-state index is 12.8. The minimum Gasteiger partial charge on any atom is -0.326 e. The molecule has 1 fully saturated rings. The zero-order chi connectivity index (χ0) is 27.5. The molecule has 0 saturated carbocycles. The molecule has 1 heterocycles. The highest BCUT2D eigenvalue weighted by Crippen LogP contribution is 2.25. The van der Waals surface area contributed by atoms with Crippen LogP contribution in [0, 0.1) is 19.8 Å². The molecule has 0 atom stereocenters. The van der Waals surface area contributed by atoms with Crippen LogP contribution in [0.5, 0.6) is 0 Å². The van der Waals surface area contributed by atoms with Crippen molar-refractivity contribution in [1.82, 2.24) is 4.31 Å². The Labute approximate surface area is 229 Å². The number of hydrogen-bond donors (Lipinski definition) is 2. The number of piperidine rings is 1. The molecule has 2 N–H and O–H groups in total. The molecule has 0 radical (unpaired) electrons. The number of nitrogens with one attached hydrogen (secondary N) is 2. The minimum atomic E-state index is -3.79. The average Bonchev–Trinajstić information content (AvgIpc) is 2.88. The summed E-state index contributed by atoms with van der Waals surface area (Å²) in [6.45, 7) is 4.23. The molecule has 202 valence electrons. The lowest BCUT2D eigenvalue weighted by molar-refractivity contribution is -0.120. The van der Waals surface area contributed by atoms with E-state index in [0.29, 0.717) is 34.8 Å². The maximum absolute atomic E-state index is 12.8. The largest absolute Gasteiger partial charge is 0.326 e. The van der Waals surface area contributed by atoms with Crippen LogP contribution >= 0.6 is 11.6 Å². The predicted molar refractivity (Wildman–Crippen MR) is 150 cm³/mol. The van der Waals surface area contributed by atoms with Crippen LogP contribution in [0.1, 0.15) is 29.5 Å². The van der Waals surface area contributed by atoms with Crippen LogP contribution in [0.2, 0.25) is 5.02 Å². The summed E-state index contributed by atoms with van der Waals surface area (Å²) in [6, 6.07) is 18.2. The fourth-order valence-corrected chi connectivity index (χ4v) is 7.10. The molecule has 0 spiro atoms. The second kappa shape index (κ2) is 11.4. The second-order valence-electron chi connectivity index (χ2n) is 9.49. The standard InChI is InChI=1S/C27H30ClN3O5S2/c1-19-3-4-20(2)26(17-19)30-38(35,36)25-11-9-24(10-12-25)29-27(32)22-13-15-31(16-14-22)37(33,34)18-21-5-7-23(28)8-6-21/h3-12,17,22,30H,13-16,18H2,1-2H3,(H,29,32). The van der Waals surface area contributed by atoms with E-state index in [9.17, 15) is 21.6 Å². The second-order valence-corrected chi connectivity index (χ2v) is 13.6. The van der Waals surface area contributed by atoms with Gasteiger partial charge in [0.05, 0.1) is 16.3 Å². The normalized spacial score (nSPS) is 15.2. The highest BCUT2D eigenvalue weighted by molar-refractivity contribution is 7.92. The van der Waals surface area contributed by atoms with Crippen LogP contribution in [-0.4, -0.2) is 40.1 Å². The van der Waals surface area contributed by atoms with Gasteiger partial charge in [0.15, 0.2) is 0 Å². The van der Waals surface area contributed by atoms with Crippen LogP contribution in [-0.2, 0) is 30.6 Å². The highest BCUT2D eigenvalue weighted by Gasteiger charge is 2.31. The first-order valence-electron chi connectivity index (χ1n) is 12.2. The first-order chi connectivity index (χ1) is 17.9. The van der Waals surface area contributed by atoms with Gasteiger partial charge in [0, 0.05) is 29.7 Å². The molecule has 3 aromatic carbocycles. The molecule has 1 saturated heterocycles. The molecule has 11 heteroatoms. The Bertz CT molecular complexity index is 1520. The summed E-state index contributed by atoms with van der Waals surface area (Å²) < 4.78 is 55.3. The summed E-state index contributed by atoms with van der Waals surface area (Å²) in [7, 11) is -7.30. The first-order valence-corrected chi connectivity index (χ1v) is 15.6. The lowest BCUT2D eigenvalue weighted by atomic mass is 9.97. The predicted octanol–water partition coefficient (Wildman–Crippen LogP) is 4.94. The first kappa shape index (κ1) is 28.1. The summed E-state index contributed by atoms with van der Waals surface area (Å²) in [4.78, 5) is 12.9. The molecule has 1 aliphatic rings. The van der Waals surface area contributed by atoms with E-state index < -0.39 is 20.0 Å². The number of carbonyl (C=O) groups excluding carboxylic acids is 1. The van der Waals surface area contributed by atoms with E-state index in [1.165, 1.54) is 16.4 Å². The molecule has 1 aliphatic heterocycles. The summed E-state index contributed by atoms with van der Waals surface area (Å²) in [5.74, 6) is -0.676. The zero-order valence-electron chi connectivity index (χ0n) is 21.1. The van der Waals surface area contributed by atoms with Crippen LogP contribution < -0.4 is 10.0 Å². The highest BCUT2D eigenvalue weighted by atomic mass is 35.5. The van der Waals surface area contributed by atoms with Gasteiger partial charge in [-0.3, -0.25) is 9.52 Å². The van der Waals surface area contributed by atoms with Gasteiger partial charge in [0.1, 0.15) is 0 Å².